The number of nitrogens with zero attached hydrogens (tertiary/aromatic N) is 4. The lowest BCUT2D eigenvalue weighted by molar-refractivity contribution is -0.121. The van der Waals surface area contributed by atoms with E-state index in [0.717, 1.165) is 0 Å². The van der Waals surface area contributed by atoms with Crippen LogP contribution in [0.1, 0.15) is 18.5 Å². The highest BCUT2D eigenvalue weighted by Gasteiger charge is 2.10. The van der Waals surface area contributed by atoms with Crippen molar-refractivity contribution >= 4 is 5.91 Å². The molecule has 0 aliphatic rings. The molecule has 0 unspecified atom stereocenters. The molecule has 0 saturated carbocycles. The lowest BCUT2D eigenvalue weighted by Gasteiger charge is -2.02. The highest BCUT2D eigenvalue weighted by atomic mass is 16.5. The van der Waals surface area contributed by atoms with Gasteiger partial charge in [0.2, 0.25) is 11.7 Å². The van der Waals surface area contributed by atoms with Crippen LogP contribution in [0.5, 0.6) is 0 Å². The van der Waals surface area contributed by atoms with Crippen molar-refractivity contribution < 1.29 is 13.7 Å². The van der Waals surface area contributed by atoms with Crippen LogP contribution < -0.4 is 5.32 Å². The number of carbonyl (C=O) groups excluding carboxylic acids is 1. The second kappa shape index (κ2) is 6.70. The van der Waals surface area contributed by atoms with Crippen molar-refractivity contribution in [3.05, 3.63) is 42.8 Å². The van der Waals surface area contributed by atoms with Gasteiger partial charge in [-0.1, -0.05) is 5.16 Å². The highest BCUT2D eigenvalue weighted by Crippen LogP contribution is 2.20. The fourth-order valence-corrected chi connectivity index (χ4v) is 1.96. The van der Waals surface area contributed by atoms with Gasteiger partial charge in [0, 0.05) is 19.0 Å². The third kappa shape index (κ3) is 3.60. The maximum atomic E-state index is 11.7. The lowest BCUT2D eigenvalue weighted by Crippen LogP contribution is -2.23. The number of rotatable bonds is 7. The zero-order chi connectivity index (χ0) is 15.2. The summed E-state index contributed by atoms with van der Waals surface area (Å²) in [5, 5.41) is 10.7. The molecule has 3 rings (SSSR count). The molecule has 3 heterocycles. The predicted molar refractivity (Wildman–Crippen MR) is 75.3 cm³/mol. The first-order valence-electron chi connectivity index (χ1n) is 6.90. The Kier molecular flexibility index (Phi) is 4.28. The molecule has 3 aromatic rings. The number of aryl methyl sites for hydroxylation is 1. The van der Waals surface area contributed by atoms with Crippen LogP contribution in [0.3, 0.4) is 0 Å². The summed E-state index contributed by atoms with van der Waals surface area (Å²) in [6, 6.07) is 5.30. The monoisotopic (exact) mass is 301 g/mol. The van der Waals surface area contributed by atoms with E-state index < -0.39 is 0 Å². The minimum absolute atomic E-state index is 0.0392. The van der Waals surface area contributed by atoms with Crippen LogP contribution in [-0.2, 0) is 17.9 Å². The fourth-order valence-electron chi connectivity index (χ4n) is 1.96. The molecule has 0 saturated heterocycles. The summed E-state index contributed by atoms with van der Waals surface area (Å²) < 4.78 is 12.1. The van der Waals surface area contributed by atoms with Gasteiger partial charge < -0.3 is 14.3 Å². The van der Waals surface area contributed by atoms with Gasteiger partial charge in [0.25, 0.3) is 0 Å². The van der Waals surface area contributed by atoms with Crippen molar-refractivity contribution in [3.8, 4) is 11.5 Å². The van der Waals surface area contributed by atoms with Gasteiger partial charge in [0.15, 0.2) is 5.76 Å². The van der Waals surface area contributed by atoms with E-state index in [1.807, 2.05) is 0 Å². The summed E-state index contributed by atoms with van der Waals surface area (Å²) in [4.78, 5) is 15.6. The molecular formula is C14H15N5O3. The molecule has 8 heteroatoms. The Bertz CT molecular complexity index is 703. The van der Waals surface area contributed by atoms with Gasteiger partial charge in [-0.25, -0.2) is 4.98 Å². The number of hydrogen-bond donors (Lipinski definition) is 1. The van der Waals surface area contributed by atoms with Gasteiger partial charge >= 0.3 is 0 Å². The van der Waals surface area contributed by atoms with Crippen LogP contribution in [0.25, 0.3) is 11.5 Å². The van der Waals surface area contributed by atoms with Gasteiger partial charge in [-0.05, 0) is 18.6 Å². The molecule has 0 fully saturated rings. The molecule has 0 spiro atoms. The largest absolute Gasteiger partial charge is 0.461 e. The van der Waals surface area contributed by atoms with Crippen LogP contribution in [-0.4, -0.2) is 25.8 Å². The average Bonchev–Trinajstić information content (AvgIpc) is 3.26. The van der Waals surface area contributed by atoms with Gasteiger partial charge in [0.1, 0.15) is 18.3 Å². The molecule has 0 aromatic carbocycles. The van der Waals surface area contributed by atoms with Crippen molar-refractivity contribution in [2.24, 2.45) is 0 Å². The third-order valence-electron chi connectivity index (χ3n) is 3.05. The highest BCUT2D eigenvalue weighted by molar-refractivity contribution is 5.75. The van der Waals surface area contributed by atoms with Crippen LogP contribution in [0.15, 0.2) is 46.1 Å². The molecule has 3 aromatic heterocycles. The Balaban J connectivity index is 1.41. The zero-order valence-electron chi connectivity index (χ0n) is 11.8. The van der Waals surface area contributed by atoms with E-state index in [2.05, 4.69) is 20.6 Å². The first-order valence-corrected chi connectivity index (χ1v) is 6.90. The molecule has 0 aliphatic heterocycles. The van der Waals surface area contributed by atoms with Gasteiger partial charge in [-0.2, -0.15) is 5.10 Å². The number of carbonyl (C=O) groups is 1. The Morgan fingerprint density at radius 2 is 2.32 bits per heavy atom. The molecule has 22 heavy (non-hydrogen) atoms. The Morgan fingerprint density at radius 3 is 3.09 bits per heavy atom. The van der Waals surface area contributed by atoms with E-state index in [0.29, 0.717) is 43.1 Å². The van der Waals surface area contributed by atoms with E-state index in [4.69, 9.17) is 8.94 Å². The fraction of sp³-hybridized carbons (Fsp3) is 0.286. The number of amides is 1. The van der Waals surface area contributed by atoms with Crippen LogP contribution in [0.4, 0.5) is 0 Å². The van der Waals surface area contributed by atoms with Gasteiger partial charge in [0.05, 0.1) is 12.8 Å². The summed E-state index contributed by atoms with van der Waals surface area (Å²) in [6.45, 7) is 0.992. The van der Waals surface area contributed by atoms with Crippen molar-refractivity contribution in [2.45, 2.75) is 25.9 Å². The second-order valence-electron chi connectivity index (χ2n) is 4.70. The number of nitrogens with one attached hydrogen (secondary N) is 1. The van der Waals surface area contributed by atoms with Crippen LogP contribution >= 0.6 is 0 Å². The molecule has 0 radical (unpaired) electrons. The van der Waals surface area contributed by atoms with E-state index in [9.17, 15) is 4.79 Å². The van der Waals surface area contributed by atoms with E-state index in [1.54, 1.807) is 35.5 Å². The normalized spacial score (nSPS) is 10.7. The topological polar surface area (TPSA) is 99.0 Å². The minimum Gasteiger partial charge on any atom is -0.461 e. The SMILES string of the molecule is O=C(CCCn1cncn1)NCc1cc(-c2ccco2)on1. The summed E-state index contributed by atoms with van der Waals surface area (Å²) in [5.41, 5.74) is 0.649. The van der Waals surface area contributed by atoms with E-state index in [-0.39, 0.29) is 5.91 Å². The van der Waals surface area contributed by atoms with Gasteiger partial charge in [-0.3, -0.25) is 9.48 Å². The number of furan rings is 1. The maximum Gasteiger partial charge on any atom is 0.220 e. The van der Waals surface area contributed by atoms with Crippen LogP contribution in [0.2, 0.25) is 0 Å². The van der Waals surface area contributed by atoms with Crippen molar-refractivity contribution in [3.63, 3.8) is 0 Å². The molecule has 0 bridgehead atoms. The smallest absolute Gasteiger partial charge is 0.220 e. The second-order valence-corrected chi connectivity index (χ2v) is 4.70. The Morgan fingerprint density at radius 1 is 1.36 bits per heavy atom. The van der Waals surface area contributed by atoms with Crippen molar-refractivity contribution in [1.29, 1.82) is 0 Å². The molecule has 0 atom stereocenters. The summed E-state index contributed by atoms with van der Waals surface area (Å²) in [7, 11) is 0. The molecule has 0 aliphatic carbocycles. The van der Waals surface area contributed by atoms with E-state index >= 15 is 0 Å². The van der Waals surface area contributed by atoms with E-state index in [1.165, 1.54) is 6.33 Å². The zero-order valence-corrected chi connectivity index (χ0v) is 11.8. The molecular weight excluding hydrogens is 286 g/mol. The molecule has 114 valence electrons. The minimum atomic E-state index is -0.0392. The maximum absolute atomic E-state index is 11.7. The molecule has 1 N–H and O–H groups in total. The quantitative estimate of drug-likeness (QED) is 0.712. The van der Waals surface area contributed by atoms with Crippen molar-refractivity contribution in [1.82, 2.24) is 25.2 Å². The molecule has 8 nitrogen and oxygen atoms in total. The summed E-state index contributed by atoms with van der Waals surface area (Å²) in [5.74, 6) is 1.11. The predicted octanol–water partition coefficient (Wildman–Crippen LogP) is 1.62. The summed E-state index contributed by atoms with van der Waals surface area (Å²) in [6.07, 6.45) is 5.79. The summed E-state index contributed by atoms with van der Waals surface area (Å²) >= 11 is 0. The first-order chi connectivity index (χ1) is 10.8. The van der Waals surface area contributed by atoms with Crippen molar-refractivity contribution in [2.75, 3.05) is 0 Å². The first kappa shape index (κ1) is 14.1. The Hall–Kier alpha value is -2.90. The van der Waals surface area contributed by atoms with Gasteiger partial charge in [-0.15, -0.1) is 0 Å². The third-order valence-corrected chi connectivity index (χ3v) is 3.05. The standard InChI is InChI=1S/C14H15N5O3/c20-14(4-1-5-19-10-15-9-17-19)16-8-11-7-13(22-18-11)12-3-2-6-21-12/h2-3,6-7,9-10H,1,4-5,8H2,(H,16,20). The number of hydrogen-bond acceptors (Lipinski definition) is 6. The lowest BCUT2D eigenvalue weighted by atomic mass is 10.3. The molecule has 1 amide bonds. The average molecular weight is 301 g/mol. The number of aromatic nitrogens is 4. The Labute approximate surface area is 126 Å². The van der Waals surface area contributed by atoms with Crippen LogP contribution in [0, 0.1) is 0 Å².